The monoisotopic (exact) mass is 388 g/mol. The van der Waals surface area contributed by atoms with Gasteiger partial charge in [0.1, 0.15) is 11.4 Å². The highest BCUT2D eigenvalue weighted by atomic mass is 35.5. The molecule has 5 nitrogen and oxygen atoms in total. The summed E-state index contributed by atoms with van der Waals surface area (Å²) in [5, 5.41) is 11.9. The molecule has 1 heterocycles. The molecule has 6 heteroatoms. The van der Waals surface area contributed by atoms with Gasteiger partial charge in [-0.15, -0.1) is 0 Å². The molecule has 144 valence electrons. The third-order valence-corrected chi connectivity index (χ3v) is 5.52. The van der Waals surface area contributed by atoms with Gasteiger partial charge in [-0.3, -0.25) is 4.79 Å². The van der Waals surface area contributed by atoms with E-state index in [1.54, 1.807) is 23.1 Å². The van der Waals surface area contributed by atoms with Crippen LogP contribution in [0, 0.1) is 0 Å². The first-order chi connectivity index (χ1) is 12.9. The van der Waals surface area contributed by atoms with E-state index in [1.165, 1.54) is 7.11 Å². The van der Waals surface area contributed by atoms with Gasteiger partial charge in [-0.05, 0) is 44.3 Å². The Kier molecular flexibility index (Phi) is 5.75. The Morgan fingerprint density at radius 3 is 2.59 bits per heavy atom. The second-order valence-electron chi connectivity index (χ2n) is 7.12. The minimum absolute atomic E-state index is 0.142. The van der Waals surface area contributed by atoms with Crippen molar-refractivity contribution in [3.8, 4) is 5.75 Å². The average Bonchev–Trinajstić information content (AvgIpc) is 2.68. The number of ether oxygens (including phenoxy) is 1. The fourth-order valence-electron chi connectivity index (χ4n) is 3.78. The second kappa shape index (κ2) is 7.89. The molecular formula is C21H25ClN2O3. The number of carbonyl (C=O) groups excluding carboxylic acids is 1. The fraction of sp³-hybridized carbons (Fsp3) is 0.381. The predicted octanol–water partition coefficient (Wildman–Crippen LogP) is 3.01. The highest BCUT2D eigenvalue weighted by molar-refractivity contribution is 6.31. The van der Waals surface area contributed by atoms with Crippen LogP contribution in [0.25, 0.3) is 0 Å². The molecule has 0 aliphatic carbocycles. The number of amides is 1. The summed E-state index contributed by atoms with van der Waals surface area (Å²) in [7, 11) is 5.38. The van der Waals surface area contributed by atoms with Gasteiger partial charge < -0.3 is 19.6 Å². The first-order valence-electron chi connectivity index (χ1n) is 8.94. The van der Waals surface area contributed by atoms with Gasteiger partial charge in [0.15, 0.2) is 0 Å². The molecule has 1 amide bonds. The van der Waals surface area contributed by atoms with Gasteiger partial charge in [-0.2, -0.15) is 0 Å². The van der Waals surface area contributed by atoms with Crippen LogP contribution in [0.5, 0.6) is 5.75 Å². The number of nitrogens with zero attached hydrogens (tertiary/aromatic N) is 2. The lowest BCUT2D eigenvalue weighted by atomic mass is 9.79. The summed E-state index contributed by atoms with van der Waals surface area (Å²) in [6.07, 6.45) is 0.453. The number of hydrogen-bond donors (Lipinski definition) is 1. The lowest BCUT2D eigenvalue weighted by Crippen LogP contribution is -2.60. The van der Waals surface area contributed by atoms with Gasteiger partial charge in [0, 0.05) is 18.1 Å². The summed E-state index contributed by atoms with van der Waals surface area (Å²) in [6.45, 7) is 0.858. The molecular weight excluding hydrogens is 364 g/mol. The zero-order valence-electron chi connectivity index (χ0n) is 15.9. The number of halogens is 1. The molecule has 27 heavy (non-hydrogen) atoms. The highest BCUT2D eigenvalue weighted by Crippen LogP contribution is 2.36. The number of hydrogen-bond acceptors (Lipinski definition) is 4. The van der Waals surface area contributed by atoms with Gasteiger partial charge in [0.2, 0.25) is 0 Å². The summed E-state index contributed by atoms with van der Waals surface area (Å²) in [5.74, 6) is 0.353. The van der Waals surface area contributed by atoms with Gasteiger partial charge >= 0.3 is 0 Å². The quantitative estimate of drug-likeness (QED) is 0.874. The molecule has 2 aromatic carbocycles. The van der Waals surface area contributed by atoms with Gasteiger partial charge in [-0.1, -0.05) is 41.9 Å². The van der Waals surface area contributed by atoms with E-state index in [4.69, 9.17) is 16.3 Å². The lowest BCUT2D eigenvalue weighted by molar-refractivity contribution is -0.0810. The number of likely N-dealkylation sites (N-methyl/N-ethyl adjacent to an activating group) is 1. The van der Waals surface area contributed by atoms with Gasteiger partial charge in [0.05, 0.1) is 18.7 Å². The van der Waals surface area contributed by atoms with Crippen molar-refractivity contribution >= 4 is 17.5 Å². The van der Waals surface area contributed by atoms with Gasteiger partial charge in [0.25, 0.3) is 5.91 Å². The van der Waals surface area contributed by atoms with Crippen LogP contribution in [0.4, 0.5) is 0 Å². The molecule has 0 spiro atoms. The SMILES string of the molecule is COc1ccc(Cl)cc1C(=O)N1CC[C@](O)(c2ccccc2)[C@H](N(C)C)C1. The lowest BCUT2D eigenvalue weighted by Gasteiger charge is -2.47. The maximum absolute atomic E-state index is 13.1. The normalized spacial score (nSPS) is 22.7. The van der Waals surface area contributed by atoms with Crippen molar-refractivity contribution in [2.45, 2.75) is 18.1 Å². The van der Waals surface area contributed by atoms with Crippen LogP contribution in [0.15, 0.2) is 48.5 Å². The molecule has 2 atom stereocenters. The topological polar surface area (TPSA) is 53.0 Å². The van der Waals surface area contributed by atoms with Crippen molar-refractivity contribution < 1.29 is 14.6 Å². The second-order valence-corrected chi connectivity index (χ2v) is 7.55. The summed E-state index contributed by atoms with van der Waals surface area (Å²) in [5.41, 5.74) is 0.295. The zero-order valence-corrected chi connectivity index (χ0v) is 16.6. The third-order valence-electron chi connectivity index (χ3n) is 5.28. The summed E-state index contributed by atoms with van der Waals surface area (Å²) in [4.78, 5) is 16.9. The smallest absolute Gasteiger partial charge is 0.257 e. The number of benzene rings is 2. The Bertz CT molecular complexity index is 812. The molecule has 0 unspecified atom stereocenters. The van der Waals surface area contributed by atoms with Crippen LogP contribution in [0.2, 0.25) is 5.02 Å². The number of piperidine rings is 1. The minimum atomic E-state index is -1.01. The summed E-state index contributed by atoms with van der Waals surface area (Å²) in [6, 6.07) is 14.5. The van der Waals surface area contributed by atoms with E-state index in [-0.39, 0.29) is 11.9 Å². The number of aliphatic hydroxyl groups is 1. The van der Waals surface area contributed by atoms with E-state index >= 15 is 0 Å². The molecule has 2 aromatic rings. The largest absolute Gasteiger partial charge is 0.496 e. The fourth-order valence-corrected chi connectivity index (χ4v) is 3.95. The van der Waals surface area contributed by atoms with E-state index < -0.39 is 5.60 Å². The van der Waals surface area contributed by atoms with E-state index in [0.717, 1.165) is 5.56 Å². The van der Waals surface area contributed by atoms with E-state index in [1.807, 2.05) is 49.3 Å². The van der Waals surface area contributed by atoms with E-state index in [2.05, 4.69) is 0 Å². The van der Waals surface area contributed by atoms with Crippen molar-refractivity contribution in [2.24, 2.45) is 0 Å². The molecule has 1 aliphatic rings. The standard InChI is InChI=1S/C21H25ClN2O3/c1-23(2)19-14-24(12-11-21(19,26)15-7-5-4-6-8-15)20(25)17-13-16(22)9-10-18(17)27-3/h4-10,13,19,26H,11-12,14H2,1-3H3/t19-,21+/m1/s1. The van der Waals surface area contributed by atoms with Crippen LogP contribution < -0.4 is 4.74 Å². The van der Waals surface area contributed by atoms with Crippen molar-refractivity contribution in [3.05, 3.63) is 64.7 Å². The predicted molar refractivity (Wildman–Crippen MR) is 106 cm³/mol. The van der Waals surface area contributed by atoms with Crippen LogP contribution >= 0.6 is 11.6 Å². The molecule has 1 saturated heterocycles. The molecule has 0 radical (unpaired) electrons. The Balaban J connectivity index is 1.89. The van der Waals surface area contributed by atoms with Crippen LogP contribution in [-0.4, -0.2) is 61.2 Å². The molecule has 1 N–H and O–H groups in total. The molecule has 0 bridgehead atoms. The highest BCUT2D eigenvalue weighted by Gasteiger charge is 2.45. The number of carbonyl (C=O) groups is 1. The Morgan fingerprint density at radius 1 is 1.26 bits per heavy atom. The Morgan fingerprint density at radius 2 is 1.96 bits per heavy atom. The number of likely N-dealkylation sites (tertiary alicyclic amines) is 1. The molecule has 1 aliphatic heterocycles. The molecule has 1 fully saturated rings. The van der Waals surface area contributed by atoms with Crippen molar-refractivity contribution in [1.82, 2.24) is 9.80 Å². The van der Waals surface area contributed by atoms with E-state index in [0.29, 0.717) is 35.8 Å². The van der Waals surface area contributed by atoms with Gasteiger partial charge in [-0.25, -0.2) is 0 Å². The average molecular weight is 389 g/mol. The van der Waals surface area contributed by atoms with Crippen molar-refractivity contribution in [2.75, 3.05) is 34.3 Å². The van der Waals surface area contributed by atoms with Crippen molar-refractivity contribution in [1.29, 1.82) is 0 Å². The first kappa shape index (κ1) is 19.7. The molecule has 0 aromatic heterocycles. The van der Waals surface area contributed by atoms with Crippen LogP contribution in [-0.2, 0) is 5.60 Å². The molecule has 0 saturated carbocycles. The summed E-state index contributed by atoms with van der Waals surface area (Å²) >= 11 is 6.09. The van der Waals surface area contributed by atoms with Crippen molar-refractivity contribution in [3.63, 3.8) is 0 Å². The number of rotatable bonds is 4. The number of methoxy groups -OCH3 is 1. The summed E-state index contributed by atoms with van der Waals surface area (Å²) < 4.78 is 5.33. The van der Waals surface area contributed by atoms with Crippen LogP contribution in [0.1, 0.15) is 22.3 Å². The zero-order chi connectivity index (χ0) is 19.6. The Labute approximate surface area is 165 Å². The third kappa shape index (κ3) is 3.81. The van der Waals surface area contributed by atoms with E-state index in [9.17, 15) is 9.90 Å². The first-order valence-corrected chi connectivity index (χ1v) is 9.31. The maximum atomic E-state index is 13.1. The Hall–Kier alpha value is -2.08. The molecule has 3 rings (SSSR count). The minimum Gasteiger partial charge on any atom is -0.496 e. The maximum Gasteiger partial charge on any atom is 0.257 e. The van der Waals surface area contributed by atoms with Crippen LogP contribution in [0.3, 0.4) is 0 Å².